The van der Waals surface area contributed by atoms with Crippen LogP contribution < -0.4 is 4.90 Å². The Kier molecular flexibility index (Phi) is 4.84. The van der Waals surface area contributed by atoms with Gasteiger partial charge in [0.05, 0.1) is 11.8 Å². The van der Waals surface area contributed by atoms with Gasteiger partial charge in [0.15, 0.2) is 0 Å². The van der Waals surface area contributed by atoms with Crippen molar-refractivity contribution in [3.8, 4) is 0 Å². The predicted molar refractivity (Wildman–Crippen MR) is 127 cm³/mol. The normalized spacial score (nSPS) is 21.5. The highest BCUT2D eigenvalue weighted by molar-refractivity contribution is 7.18. The Morgan fingerprint density at radius 2 is 2.03 bits per heavy atom. The summed E-state index contributed by atoms with van der Waals surface area (Å²) in [5, 5.41) is 0.758. The van der Waals surface area contributed by atoms with Crippen LogP contribution in [0, 0.1) is 11.3 Å². The summed E-state index contributed by atoms with van der Waals surface area (Å²) in [6.45, 7) is 4.07. The van der Waals surface area contributed by atoms with Crippen molar-refractivity contribution in [3.63, 3.8) is 0 Å². The molecule has 3 heterocycles. The van der Waals surface area contributed by atoms with E-state index < -0.39 is 12.6 Å². The van der Waals surface area contributed by atoms with Gasteiger partial charge in [0.1, 0.15) is 17.0 Å². The molecule has 3 aromatic rings. The highest BCUT2D eigenvalue weighted by atomic mass is 32.1. The summed E-state index contributed by atoms with van der Waals surface area (Å²) in [7, 11) is 0. The zero-order chi connectivity index (χ0) is 22.8. The number of hydrogen-bond acceptors (Lipinski definition) is 4. The van der Waals surface area contributed by atoms with E-state index in [0.29, 0.717) is 21.0 Å². The van der Waals surface area contributed by atoms with Crippen LogP contribution in [0.3, 0.4) is 0 Å². The summed E-state index contributed by atoms with van der Waals surface area (Å²) < 4.78 is 38.5. The number of thiophene rings is 1. The fourth-order valence-corrected chi connectivity index (χ4v) is 7.18. The zero-order valence-corrected chi connectivity index (χ0v) is 19.4. The third-order valence-corrected chi connectivity index (χ3v) is 8.54. The van der Waals surface area contributed by atoms with Crippen molar-refractivity contribution in [2.75, 3.05) is 18.0 Å². The molecule has 1 saturated carbocycles. The van der Waals surface area contributed by atoms with E-state index >= 15 is 0 Å². The summed E-state index contributed by atoms with van der Waals surface area (Å²) in [4.78, 5) is 11.9. The minimum atomic E-state index is -4.21. The van der Waals surface area contributed by atoms with E-state index in [1.807, 2.05) is 0 Å². The van der Waals surface area contributed by atoms with E-state index in [9.17, 15) is 13.2 Å². The molecule has 6 rings (SSSR count). The second kappa shape index (κ2) is 7.55. The fraction of sp³-hybridized carbons (Fsp3) is 0.462. The monoisotopic (exact) mass is 469 g/mol. The molecule has 172 valence electrons. The van der Waals surface area contributed by atoms with Gasteiger partial charge < -0.3 is 4.90 Å². The molecular formula is C26H26F3N3S. The fourth-order valence-electron chi connectivity index (χ4n) is 6.16. The van der Waals surface area contributed by atoms with Crippen LogP contribution in [0.4, 0.5) is 19.0 Å². The minimum Gasteiger partial charge on any atom is -0.355 e. The summed E-state index contributed by atoms with van der Waals surface area (Å²) in [6, 6.07) is 8.59. The van der Waals surface area contributed by atoms with Crippen LogP contribution >= 0.6 is 11.3 Å². The van der Waals surface area contributed by atoms with Crippen molar-refractivity contribution in [1.29, 1.82) is 0 Å². The van der Waals surface area contributed by atoms with E-state index in [1.165, 1.54) is 47.9 Å². The number of anilines is 1. The largest absolute Gasteiger partial charge is 0.393 e. The molecule has 0 bridgehead atoms. The average Bonchev–Trinajstić information content (AvgIpc) is 3.40. The van der Waals surface area contributed by atoms with Crippen molar-refractivity contribution >= 4 is 33.4 Å². The first-order valence-corrected chi connectivity index (χ1v) is 12.4. The van der Waals surface area contributed by atoms with Gasteiger partial charge in [0.25, 0.3) is 0 Å². The maximum atomic E-state index is 12.8. The van der Waals surface area contributed by atoms with Crippen molar-refractivity contribution in [2.24, 2.45) is 11.3 Å². The van der Waals surface area contributed by atoms with Gasteiger partial charge in [0.2, 0.25) is 0 Å². The van der Waals surface area contributed by atoms with Gasteiger partial charge in [-0.05, 0) is 67.7 Å². The molecule has 7 heteroatoms. The van der Waals surface area contributed by atoms with Gasteiger partial charge in [-0.2, -0.15) is 13.2 Å². The molecule has 1 spiro atoms. The third kappa shape index (κ3) is 4.05. The summed E-state index contributed by atoms with van der Waals surface area (Å²) in [5.41, 5.74) is 6.04. The van der Waals surface area contributed by atoms with Crippen molar-refractivity contribution in [2.45, 2.75) is 51.6 Å². The van der Waals surface area contributed by atoms with Gasteiger partial charge in [0, 0.05) is 23.4 Å². The second-order valence-electron chi connectivity index (χ2n) is 10.3. The molecule has 33 heavy (non-hydrogen) atoms. The number of alkyl halides is 3. The van der Waals surface area contributed by atoms with E-state index in [0.717, 1.165) is 48.5 Å². The van der Waals surface area contributed by atoms with Gasteiger partial charge in [-0.1, -0.05) is 29.8 Å². The maximum Gasteiger partial charge on any atom is 0.393 e. The van der Waals surface area contributed by atoms with Crippen LogP contribution in [0.2, 0.25) is 0 Å². The van der Waals surface area contributed by atoms with Crippen LogP contribution in [0.1, 0.15) is 47.8 Å². The Morgan fingerprint density at radius 1 is 1.18 bits per heavy atom. The maximum absolute atomic E-state index is 12.8. The number of halogens is 3. The van der Waals surface area contributed by atoms with E-state index in [2.05, 4.69) is 46.1 Å². The molecule has 1 unspecified atom stereocenters. The number of rotatable bonds is 4. The lowest BCUT2D eigenvalue weighted by molar-refractivity contribution is -0.126. The Bertz CT molecular complexity index is 1250. The smallest absolute Gasteiger partial charge is 0.355 e. The standard InChI is InChI=1S/C26H26F3N3S/c1-16-6-19-3-2-17(9-20(19)7-16)8-18-4-5-25(11-18)13-32(14-25)23-22-10-21(12-26(27,28)29)33-24(22)31-15-30-23/h2-3,6,9-10,15,18H,4-5,7-8,11-14H2,1H3. The van der Waals surface area contributed by atoms with Crippen molar-refractivity contribution in [1.82, 2.24) is 9.97 Å². The summed E-state index contributed by atoms with van der Waals surface area (Å²) >= 11 is 1.12. The SMILES string of the molecule is CC1=Cc2ccc(CC3CCC4(C3)CN(c3ncnc5sc(CC(F)(F)F)cc35)C4)cc2C1. The number of benzene rings is 1. The molecular weight excluding hydrogens is 443 g/mol. The first-order valence-electron chi connectivity index (χ1n) is 11.6. The summed E-state index contributed by atoms with van der Waals surface area (Å²) in [6.07, 6.45) is 4.56. The van der Waals surface area contributed by atoms with E-state index in [4.69, 9.17) is 0 Å². The lowest BCUT2D eigenvalue weighted by Gasteiger charge is -2.49. The molecule has 1 aromatic carbocycles. The van der Waals surface area contributed by atoms with Gasteiger partial charge in [-0.15, -0.1) is 11.3 Å². The molecule has 0 radical (unpaired) electrons. The molecule has 0 N–H and O–H groups in total. The molecule has 2 fully saturated rings. The highest BCUT2D eigenvalue weighted by Gasteiger charge is 2.48. The first kappa shape index (κ1) is 21.1. The number of allylic oxidation sites excluding steroid dienone is 1. The molecule has 1 saturated heterocycles. The molecule has 1 atom stereocenters. The predicted octanol–water partition coefficient (Wildman–Crippen LogP) is 6.60. The molecule has 3 aliphatic rings. The first-order chi connectivity index (χ1) is 15.8. The zero-order valence-electron chi connectivity index (χ0n) is 18.6. The lowest BCUT2D eigenvalue weighted by Crippen LogP contribution is -2.55. The van der Waals surface area contributed by atoms with Crippen LogP contribution in [0.5, 0.6) is 0 Å². The molecule has 1 aliphatic heterocycles. The Labute approximate surface area is 195 Å². The van der Waals surface area contributed by atoms with Gasteiger partial charge in [-0.3, -0.25) is 0 Å². The quantitative estimate of drug-likeness (QED) is 0.431. The van der Waals surface area contributed by atoms with Crippen molar-refractivity contribution in [3.05, 3.63) is 57.7 Å². The number of nitrogens with zero attached hydrogens (tertiary/aromatic N) is 3. The topological polar surface area (TPSA) is 29.0 Å². The van der Waals surface area contributed by atoms with E-state index in [-0.39, 0.29) is 0 Å². The number of hydrogen-bond donors (Lipinski definition) is 0. The summed E-state index contributed by atoms with van der Waals surface area (Å²) in [5.74, 6) is 1.49. The third-order valence-electron chi connectivity index (χ3n) is 7.49. The minimum absolute atomic E-state index is 0.301. The second-order valence-corrected chi connectivity index (χ2v) is 11.4. The van der Waals surface area contributed by atoms with Crippen molar-refractivity contribution < 1.29 is 13.2 Å². The van der Waals surface area contributed by atoms with Crippen LogP contribution in [-0.2, 0) is 19.3 Å². The molecule has 2 aromatic heterocycles. The van der Waals surface area contributed by atoms with Crippen LogP contribution in [0.25, 0.3) is 16.3 Å². The molecule has 0 amide bonds. The molecule has 2 aliphatic carbocycles. The lowest BCUT2D eigenvalue weighted by atomic mass is 9.77. The Hall–Kier alpha value is -2.41. The van der Waals surface area contributed by atoms with E-state index in [1.54, 1.807) is 6.07 Å². The van der Waals surface area contributed by atoms with Gasteiger partial charge in [-0.25, -0.2) is 9.97 Å². The van der Waals surface area contributed by atoms with Crippen LogP contribution in [0.15, 0.2) is 36.2 Å². The number of aromatic nitrogens is 2. The van der Waals surface area contributed by atoms with Crippen LogP contribution in [-0.4, -0.2) is 29.2 Å². The number of fused-ring (bicyclic) bond motifs is 2. The Morgan fingerprint density at radius 3 is 2.85 bits per heavy atom. The van der Waals surface area contributed by atoms with Gasteiger partial charge >= 0.3 is 6.18 Å². The Balaban J connectivity index is 1.12. The molecule has 3 nitrogen and oxygen atoms in total. The highest BCUT2D eigenvalue weighted by Crippen LogP contribution is 2.51. The average molecular weight is 470 g/mol.